The number of carbonyl (C=O) groups excluding carboxylic acids is 1. The molecule has 2 heterocycles. The molecule has 1 amide bonds. The number of anilines is 1. The maximum Gasteiger partial charge on any atom is 0.248 e. The fourth-order valence-electron chi connectivity index (χ4n) is 2.99. The Labute approximate surface area is 177 Å². The summed E-state index contributed by atoms with van der Waals surface area (Å²) < 4.78 is 5.77. The Bertz CT molecular complexity index is 1220. The van der Waals surface area contributed by atoms with Crippen LogP contribution in [0.25, 0.3) is 28.3 Å². The molecular weight excluding hydrogens is 407 g/mol. The first-order chi connectivity index (χ1) is 14.0. The Kier molecular flexibility index (Phi) is 5.38. The summed E-state index contributed by atoms with van der Waals surface area (Å²) in [7, 11) is 0. The van der Waals surface area contributed by atoms with E-state index in [2.05, 4.69) is 10.3 Å². The van der Waals surface area contributed by atoms with Gasteiger partial charge in [0, 0.05) is 32.8 Å². The van der Waals surface area contributed by atoms with Crippen molar-refractivity contribution in [3.8, 4) is 11.3 Å². The van der Waals surface area contributed by atoms with Crippen molar-refractivity contribution in [3.63, 3.8) is 0 Å². The highest BCUT2D eigenvalue weighted by Crippen LogP contribution is 2.29. The average Bonchev–Trinajstić information content (AvgIpc) is 3.15. The van der Waals surface area contributed by atoms with E-state index in [4.69, 9.17) is 27.6 Å². The van der Waals surface area contributed by atoms with Crippen LogP contribution in [0.1, 0.15) is 11.5 Å². The van der Waals surface area contributed by atoms with Crippen molar-refractivity contribution in [3.05, 3.63) is 88.2 Å². The van der Waals surface area contributed by atoms with Crippen molar-refractivity contribution < 1.29 is 9.21 Å². The van der Waals surface area contributed by atoms with Crippen molar-refractivity contribution in [2.75, 3.05) is 5.32 Å². The second-order valence-corrected chi connectivity index (χ2v) is 7.38. The zero-order valence-corrected chi connectivity index (χ0v) is 17.0. The number of nitrogens with one attached hydrogen (secondary N) is 1. The molecule has 4 rings (SSSR count). The van der Waals surface area contributed by atoms with Crippen molar-refractivity contribution >= 4 is 51.8 Å². The number of rotatable bonds is 4. The Morgan fingerprint density at radius 1 is 1.03 bits per heavy atom. The van der Waals surface area contributed by atoms with Crippen LogP contribution in [0.3, 0.4) is 0 Å². The smallest absolute Gasteiger partial charge is 0.248 e. The zero-order chi connectivity index (χ0) is 20.4. The van der Waals surface area contributed by atoms with E-state index in [0.29, 0.717) is 27.3 Å². The van der Waals surface area contributed by atoms with E-state index in [0.717, 1.165) is 22.2 Å². The number of pyridine rings is 1. The SMILES string of the molecule is Cc1ccc2c(NC(=O)/C=C/c3ccc(-c4cc(Cl)cc(Cl)c4)o3)cccc2n1. The van der Waals surface area contributed by atoms with E-state index in [9.17, 15) is 4.79 Å². The van der Waals surface area contributed by atoms with E-state index < -0.39 is 0 Å². The lowest BCUT2D eigenvalue weighted by Gasteiger charge is -2.07. The van der Waals surface area contributed by atoms with Crippen molar-refractivity contribution in [2.45, 2.75) is 6.92 Å². The first-order valence-electron chi connectivity index (χ1n) is 8.90. The Hall–Kier alpha value is -3.08. The number of furan rings is 1. The van der Waals surface area contributed by atoms with Gasteiger partial charge in [-0.2, -0.15) is 0 Å². The fraction of sp³-hybridized carbons (Fsp3) is 0.0435. The molecule has 6 heteroatoms. The summed E-state index contributed by atoms with van der Waals surface area (Å²) in [6.45, 7) is 1.93. The molecule has 144 valence electrons. The van der Waals surface area contributed by atoms with Gasteiger partial charge in [0.05, 0.1) is 11.2 Å². The van der Waals surface area contributed by atoms with Gasteiger partial charge in [-0.1, -0.05) is 29.3 Å². The quantitative estimate of drug-likeness (QED) is 0.369. The number of hydrogen-bond acceptors (Lipinski definition) is 3. The number of hydrogen-bond donors (Lipinski definition) is 1. The molecule has 4 aromatic rings. The summed E-state index contributed by atoms with van der Waals surface area (Å²) in [6, 6.07) is 18.3. The Morgan fingerprint density at radius 3 is 2.62 bits per heavy atom. The molecule has 0 fully saturated rings. The van der Waals surface area contributed by atoms with Gasteiger partial charge in [-0.25, -0.2) is 0 Å². The van der Waals surface area contributed by atoms with Gasteiger partial charge in [0.2, 0.25) is 5.91 Å². The topological polar surface area (TPSA) is 55.1 Å². The molecule has 0 aliphatic rings. The minimum Gasteiger partial charge on any atom is -0.457 e. The molecule has 0 aliphatic heterocycles. The van der Waals surface area contributed by atoms with E-state index in [1.54, 1.807) is 36.4 Å². The van der Waals surface area contributed by atoms with E-state index in [-0.39, 0.29) is 5.91 Å². The highest BCUT2D eigenvalue weighted by molar-refractivity contribution is 6.35. The van der Waals surface area contributed by atoms with Gasteiger partial charge in [-0.3, -0.25) is 9.78 Å². The van der Waals surface area contributed by atoms with Crippen LogP contribution in [0.4, 0.5) is 5.69 Å². The third kappa shape index (κ3) is 4.50. The minimum atomic E-state index is -0.262. The molecule has 2 aromatic heterocycles. The van der Waals surface area contributed by atoms with Gasteiger partial charge in [-0.05, 0) is 67.6 Å². The third-order valence-corrected chi connectivity index (χ3v) is 4.74. The zero-order valence-electron chi connectivity index (χ0n) is 15.4. The maximum atomic E-state index is 12.4. The summed E-state index contributed by atoms with van der Waals surface area (Å²) in [6.07, 6.45) is 3.03. The first-order valence-corrected chi connectivity index (χ1v) is 9.65. The van der Waals surface area contributed by atoms with Gasteiger partial charge >= 0.3 is 0 Å². The van der Waals surface area contributed by atoms with Crippen LogP contribution in [0.5, 0.6) is 0 Å². The highest BCUT2D eigenvalue weighted by Gasteiger charge is 2.07. The standard InChI is InChI=1S/C23H16Cl2N2O2/c1-14-5-8-19-20(26-14)3-2-4-21(19)27-23(28)10-7-18-6-9-22(29-18)15-11-16(24)13-17(25)12-15/h2-13H,1H3,(H,27,28)/b10-7+. The number of nitrogens with zero attached hydrogens (tertiary/aromatic N) is 1. The van der Waals surface area contributed by atoms with E-state index in [1.807, 2.05) is 37.3 Å². The molecule has 0 saturated carbocycles. The molecule has 0 radical (unpaired) electrons. The molecule has 2 aromatic carbocycles. The van der Waals surface area contributed by atoms with Crippen LogP contribution in [-0.2, 0) is 4.79 Å². The predicted molar refractivity (Wildman–Crippen MR) is 118 cm³/mol. The van der Waals surface area contributed by atoms with E-state index in [1.165, 1.54) is 6.08 Å². The summed E-state index contributed by atoms with van der Waals surface area (Å²) in [5, 5.41) is 4.83. The lowest BCUT2D eigenvalue weighted by Crippen LogP contribution is -2.08. The molecule has 0 unspecified atom stereocenters. The second-order valence-electron chi connectivity index (χ2n) is 6.51. The van der Waals surface area contributed by atoms with E-state index >= 15 is 0 Å². The van der Waals surface area contributed by atoms with Gasteiger partial charge in [0.1, 0.15) is 11.5 Å². The normalized spacial score (nSPS) is 11.3. The number of fused-ring (bicyclic) bond motifs is 1. The molecular formula is C23H16Cl2N2O2. The fourth-order valence-corrected chi connectivity index (χ4v) is 3.52. The number of benzene rings is 2. The molecule has 0 aliphatic carbocycles. The largest absolute Gasteiger partial charge is 0.457 e. The summed E-state index contributed by atoms with van der Waals surface area (Å²) in [4.78, 5) is 16.8. The molecule has 0 atom stereocenters. The summed E-state index contributed by atoms with van der Waals surface area (Å²) in [5.41, 5.74) is 3.24. The van der Waals surface area contributed by atoms with Gasteiger partial charge in [0.15, 0.2) is 0 Å². The number of aryl methyl sites for hydroxylation is 1. The average molecular weight is 423 g/mol. The number of amides is 1. The van der Waals surface area contributed by atoms with Crippen molar-refractivity contribution in [2.24, 2.45) is 0 Å². The van der Waals surface area contributed by atoms with Crippen LogP contribution >= 0.6 is 23.2 Å². The van der Waals surface area contributed by atoms with Crippen LogP contribution in [0, 0.1) is 6.92 Å². The highest BCUT2D eigenvalue weighted by atomic mass is 35.5. The molecule has 0 spiro atoms. The number of halogens is 2. The van der Waals surface area contributed by atoms with Crippen LogP contribution < -0.4 is 5.32 Å². The van der Waals surface area contributed by atoms with Crippen LogP contribution in [0.15, 0.2) is 71.2 Å². The third-order valence-electron chi connectivity index (χ3n) is 4.30. The van der Waals surface area contributed by atoms with Gasteiger partial charge in [0.25, 0.3) is 0 Å². The lowest BCUT2D eigenvalue weighted by molar-refractivity contribution is -0.111. The molecule has 29 heavy (non-hydrogen) atoms. The first kappa shape index (κ1) is 19.2. The predicted octanol–water partition coefficient (Wildman–Crippen LogP) is 6.76. The van der Waals surface area contributed by atoms with Crippen molar-refractivity contribution in [1.29, 1.82) is 0 Å². The molecule has 0 saturated heterocycles. The summed E-state index contributed by atoms with van der Waals surface area (Å²) >= 11 is 12.1. The van der Waals surface area contributed by atoms with Crippen LogP contribution in [0.2, 0.25) is 10.0 Å². The van der Waals surface area contributed by atoms with Crippen LogP contribution in [-0.4, -0.2) is 10.9 Å². The van der Waals surface area contributed by atoms with Gasteiger partial charge < -0.3 is 9.73 Å². The molecule has 4 nitrogen and oxygen atoms in total. The second kappa shape index (κ2) is 8.11. The number of carbonyl (C=O) groups is 1. The minimum absolute atomic E-state index is 0.262. The lowest BCUT2D eigenvalue weighted by atomic mass is 10.1. The summed E-state index contributed by atoms with van der Waals surface area (Å²) in [5.74, 6) is 0.897. The van der Waals surface area contributed by atoms with Gasteiger partial charge in [-0.15, -0.1) is 0 Å². The Morgan fingerprint density at radius 2 is 1.83 bits per heavy atom. The van der Waals surface area contributed by atoms with Crippen molar-refractivity contribution in [1.82, 2.24) is 4.98 Å². The molecule has 1 N–H and O–H groups in total. The Balaban J connectivity index is 1.50. The number of aromatic nitrogens is 1. The maximum absolute atomic E-state index is 12.4. The molecule has 0 bridgehead atoms. The monoisotopic (exact) mass is 422 g/mol.